The van der Waals surface area contributed by atoms with Gasteiger partial charge in [0.2, 0.25) is 5.76 Å². The zero-order valence-electron chi connectivity index (χ0n) is 20.4. The summed E-state index contributed by atoms with van der Waals surface area (Å²) in [5, 5.41) is 10.3. The smallest absolute Gasteiger partial charge is 0.290 e. The molecule has 1 atom stereocenters. The van der Waals surface area contributed by atoms with Crippen molar-refractivity contribution in [3.8, 4) is 11.3 Å². The fourth-order valence-electron chi connectivity index (χ4n) is 4.58. The summed E-state index contributed by atoms with van der Waals surface area (Å²) in [6.45, 7) is 6.07. The number of nitrogens with zero attached hydrogens (tertiary/aromatic N) is 2. The standard InChI is InChI=1S/C27H31FN4O4/c1-18-5-6-20(30-21-12-19(28)13-22(14-21)32-7-3-9-34-11-8-32)15-24(18)25-16-26(36-31-25)27(33)29-17-23-4-2-10-35-23/h5-6,12-16,23,30H,2-4,7-11,17H2,1H3,(H,29,33). The van der Waals surface area contributed by atoms with E-state index in [1.165, 1.54) is 6.07 Å². The molecule has 5 rings (SSSR count). The van der Waals surface area contributed by atoms with Crippen LogP contribution < -0.4 is 15.5 Å². The van der Waals surface area contributed by atoms with E-state index in [1.807, 2.05) is 31.2 Å². The second-order valence-electron chi connectivity index (χ2n) is 9.23. The third-order valence-electron chi connectivity index (χ3n) is 6.52. The second kappa shape index (κ2) is 11.1. The molecule has 2 saturated heterocycles. The number of benzene rings is 2. The summed E-state index contributed by atoms with van der Waals surface area (Å²) in [7, 11) is 0. The minimum atomic E-state index is -0.317. The molecule has 36 heavy (non-hydrogen) atoms. The van der Waals surface area contributed by atoms with E-state index in [4.69, 9.17) is 14.0 Å². The summed E-state index contributed by atoms with van der Waals surface area (Å²) in [6, 6.07) is 12.4. The molecule has 9 heteroatoms. The monoisotopic (exact) mass is 494 g/mol. The molecule has 0 aliphatic carbocycles. The summed E-state index contributed by atoms with van der Waals surface area (Å²) in [5.74, 6) is -0.470. The zero-order valence-corrected chi connectivity index (χ0v) is 20.4. The van der Waals surface area contributed by atoms with Crippen LogP contribution in [0.2, 0.25) is 0 Å². The van der Waals surface area contributed by atoms with Gasteiger partial charge in [-0.2, -0.15) is 0 Å². The first-order valence-electron chi connectivity index (χ1n) is 12.4. The first-order valence-corrected chi connectivity index (χ1v) is 12.4. The largest absolute Gasteiger partial charge is 0.380 e. The van der Waals surface area contributed by atoms with E-state index in [1.54, 1.807) is 12.1 Å². The first kappa shape index (κ1) is 24.3. The topological polar surface area (TPSA) is 88.9 Å². The Morgan fingerprint density at radius 3 is 2.86 bits per heavy atom. The van der Waals surface area contributed by atoms with E-state index in [2.05, 4.69) is 20.7 Å². The Balaban J connectivity index is 1.30. The number of amides is 1. The highest BCUT2D eigenvalue weighted by atomic mass is 19.1. The Kier molecular flexibility index (Phi) is 7.48. The van der Waals surface area contributed by atoms with Crippen molar-refractivity contribution in [2.24, 2.45) is 0 Å². The molecule has 0 saturated carbocycles. The van der Waals surface area contributed by atoms with Gasteiger partial charge in [-0.1, -0.05) is 11.2 Å². The Bertz CT molecular complexity index is 1200. The molecule has 2 N–H and O–H groups in total. The fraction of sp³-hybridized carbons (Fsp3) is 0.407. The van der Waals surface area contributed by atoms with Gasteiger partial charge in [0.15, 0.2) is 0 Å². The van der Waals surface area contributed by atoms with Crippen LogP contribution in [0.25, 0.3) is 11.3 Å². The predicted molar refractivity (Wildman–Crippen MR) is 135 cm³/mol. The highest BCUT2D eigenvalue weighted by molar-refractivity contribution is 5.92. The summed E-state index contributed by atoms with van der Waals surface area (Å²) in [6.07, 6.45) is 2.92. The van der Waals surface area contributed by atoms with E-state index < -0.39 is 0 Å². The number of hydrogen-bond donors (Lipinski definition) is 2. The van der Waals surface area contributed by atoms with Crippen molar-refractivity contribution in [1.29, 1.82) is 0 Å². The summed E-state index contributed by atoms with van der Waals surface area (Å²) < 4.78 is 30.9. The first-order chi connectivity index (χ1) is 17.5. The maximum Gasteiger partial charge on any atom is 0.290 e. The van der Waals surface area contributed by atoms with Gasteiger partial charge in [0.05, 0.1) is 12.7 Å². The molecule has 0 bridgehead atoms. The summed E-state index contributed by atoms with van der Waals surface area (Å²) in [4.78, 5) is 14.6. The van der Waals surface area contributed by atoms with Crippen LogP contribution in [0.15, 0.2) is 47.0 Å². The van der Waals surface area contributed by atoms with Crippen LogP contribution in [0, 0.1) is 12.7 Å². The minimum Gasteiger partial charge on any atom is -0.380 e. The number of rotatable bonds is 7. The van der Waals surface area contributed by atoms with Crippen molar-refractivity contribution < 1.29 is 23.2 Å². The van der Waals surface area contributed by atoms with E-state index >= 15 is 0 Å². The van der Waals surface area contributed by atoms with Gasteiger partial charge in [0.25, 0.3) is 5.91 Å². The molecule has 2 fully saturated rings. The van der Waals surface area contributed by atoms with E-state index in [0.717, 1.165) is 68.1 Å². The average molecular weight is 495 g/mol. The quantitative estimate of drug-likeness (QED) is 0.494. The van der Waals surface area contributed by atoms with Crippen LogP contribution in [0.5, 0.6) is 0 Å². The van der Waals surface area contributed by atoms with E-state index in [0.29, 0.717) is 24.5 Å². The molecule has 1 amide bonds. The lowest BCUT2D eigenvalue weighted by molar-refractivity contribution is 0.0828. The highest BCUT2D eigenvalue weighted by Crippen LogP contribution is 2.30. The zero-order chi connectivity index (χ0) is 24.9. The number of ether oxygens (including phenoxy) is 2. The van der Waals surface area contributed by atoms with E-state index in [9.17, 15) is 9.18 Å². The molecule has 3 aromatic rings. The number of anilines is 3. The number of carbonyl (C=O) groups excluding carboxylic acids is 1. The van der Waals surface area contributed by atoms with Gasteiger partial charge >= 0.3 is 0 Å². The van der Waals surface area contributed by atoms with Gasteiger partial charge in [0.1, 0.15) is 11.5 Å². The van der Waals surface area contributed by atoms with Gasteiger partial charge < -0.3 is 29.5 Å². The molecule has 2 aromatic carbocycles. The van der Waals surface area contributed by atoms with Crippen molar-refractivity contribution >= 4 is 23.0 Å². The molecule has 1 aromatic heterocycles. The molecule has 190 valence electrons. The number of halogens is 1. The Morgan fingerprint density at radius 2 is 2.00 bits per heavy atom. The van der Waals surface area contributed by atoms with Crippen LogP contribution in [0.3, 0.4) is 0 Å². The van der Waals surface area contributed by atoms with Gasteiger partial charge in [-0.3, -0.25) is 4.79 Å². The number of nitrogens with one attached hydrogen (secondary N) is 2. The minimum absolute atomic E-state index is 0.0531. The van der Waals surface area contributed by atoms with Crippen molar-refractivity contribution in [2.45, 2.75) is 32.3 Å². The maximum atomic E-state index is 14.5. The fourth-order valence-corrected chi connectivity index (χ4v) is 4.58. The molecule has 8 nitrogen and oxygen atoms in total. The average Bonchev–Trinajstić information content (AvgIpc) is 3.50. The molecule has 0 spiro atoms. The number of carbonyl (C=O) groups is 1. The van der Waals surface area contributed by atoms with Crippen molar-refractivity contribution in [3.05, 3.63) is 59.6 Å². The molecule has 3 heterocycles. The molecular weight excluding hydrogens is 463 g/mol. The lowest BCUT2D eigenvalue weighted by Crippen LogP contribution is -2.31. The van der Waals surface area contributed by atoms with Crippen LogP contribution in [0.1, 0.15) is 35.4 Å². The molecule has 0 radical (unpaired) electrons. The van der Waals surface area contributed by atoms with E-state index in [-0.39, 0.29) is 23.6 Å². The molecular formula is C27H31FN4O4. The summed E-state index contributed by atoms with van der Waals surface area (Å²) >= 11 is 0. The van der Waals surface area contributed by atoms with Crippen LogP contribution in [0.4, 0.5) is 21.5 Å². The third-order valence-corrected chi connectivity index (χ3v) is 6.52. The highest BCUT2D eigenvalue weighted by Gasteiger charge is 2.20. The molecule has 2 aliphatic heterocycles. The number of hydrogen-bond acceptors (Lipinski definition) is 7. The van der Waals surface area contributed by atoms with Gasteiger partial charge in [-0.05, 0) is 62.1 Å². The maximum absolute atomic E-state index is 14.5. The lowest BCUT2D eigenvalue weighted by Gasteiger charge is -2.23. The molecule has 2 aliphatic rings. The lowest BCUT2D eigenvalue weighted by atomic mass is 10.0. The van der Waals surface area contributed by atoms with Gasteiger partial charge in [-0.25, -0.2) is 4.39 Å². The van der Waals surface area contributed by atoms with Crippen molar-refractivity contribution in [3.63, 3.8) is 0 Å². The van der Waals surface area contributed by atoms with Gasteiger partial charge in [-0.15, -0.1) is 0 Å². The van der Waals surface area contributed by atoms with Crippen molar-refractivity contribution in [1.82, 2.24) is 10.5 Å². The Morgan fingerprint density at radius 1 is 1.08 bits per heavy atom. The van der Waals surface area contributed by atoms with Crippen LogP contribution in [-0.2, 0) is 9.47 Å². The number of aromatic nitrogens is 1. The Labute approximate surface area is 209 Å². The normalized spacial score (nSPS) is 18.2. The van der Waals surface area contributed by atoms with Gasteiger partial charge in [0, 0.05) is 61.5 Å². The van der Waals surface area contributed by atoms with Crippen molar-refractivity contribution in [2.75, 3.05) is 49.7 Å². The number of aryl methyl sites for hydroxylation is 1. The second-order valence-corrected chi connectivity index (χ2v) is 9.23. The SMILES string of the molecule is Cc1ccc(Nc2cc(F)cc(N3CCCOCC3)c2)cc1-c1cc(C(=O)NCC2CCCO2)on1. The third kappa shape index (κ3) is 5.85. The summed E-state index contributed by atoms with van der Waals surface area (Å²) in [5.41, 5.74) is 4.61. The van der Waals surface area contributed by atoms with Crippen LogP contribution >= 0.6 is 0 Å². The predicted octanol–water partition coefficient (Wildman–Crippen LogP) is 4.67. The Hall–Kier alpha value is -3.43. The molecule has 1 unspecified atom stereocenters. The van der Waals surface area contributed by atoms with Crippen LogP contribution in [-0.4, -0.2) is 56.6 Å².